The summed E-state index contributed by atoms with van der Waals surface area (Å²) in [5, 5.41) is 0.682. The van der Waals surface area contributed by atoms with Crippen LogP contribution in [0.25, 0.3) is 0 Å². The van der Waals surface area contributed by atoms with Crippen molar-refractivity contribution >= 4 is 16.9 Å². The van der Waals surface area contributed by atoms with Crippen LogP contribution in [-0.2, 0) is 14.3 Å². The molecule has 62 valence electrons. The van der Waals surface area contributed by atoms with E-state index in [2.05, 4.69) is 0 Å². The summed E-state index contributed by atoms with van der Waals surface area (Å²) >= 11 is 1.42. The van der Waals surface area contributed by atoms with E-state index in [-0.39, 0.29) is 6.29 Å². The van der Waals surface area contributed by atoms with E-state index in [1.54, 1.807) is 0 Å². The van der Waals surface area contributed by atoms with Crippen LogP contribution in [0.2, 0.25) is 0 Å². The highest BCUT2D eigenvalue weighted by atomic mass is 32.2. The summed E-state index contributed by atoms with van der Waals surface area (Å²) in [5.74, 6) is 0. The first-order chi connectivity index (χ1) is 5.34. The van der Waals surface area contributed by atoms with Gasteiger partial charge in [0.2, 0.25) is 0 Å². The minimum atomic E-state index is 0.0336. The first kappa shape index (κ1) is 7.58. The monoisotopic (exact) mass is 174 g/mol. The number of hydrogen-bond donors (Lipinski definition) is 0. The molecule has 2 saturated heterocycles. The Hall–Kier alpha value is -0.0600. The second kappa shape index (κ2) is 3.13. The van der Waals surface area contributed by atoms with Gasteiger partial charge in [-0.1, -0.05) is 11.8 Å². The van der Waals surface area contributed by atoms with E-state index in [4.69, 9.17) is 9.47 Å². The molecule has 2 aliphatic rings. The molecule has 0 aromatic carbocycles. The topological polar surface area (TPSA) is 38.8 Å². The van der Waals surface area contributed by atoms with Gasteiger partial charge in [0.05, 0.1) is 6.61 Å². The highest BCUT2D eigenvalue weighted by Gasteiger charge is 2.28. The molecule has 0 aliphatic carbocycles. The maximum atomic E-state index is 10.8. The molecule has 2 fully saturated rings. The van der Waals surface area contributed by atoms with Gasteiger partial charge in [0.15, 0.2) is 11.4 Å². The van der Waals surface area contributed by atoms with E-state index < -0.39 is 0 Å². The van der Waals surface area contributed by atoms with Crippen LogP contribution in [0.15, 0.2) is 0 Å². The Morgan fingerprint density at radius 1 is 1.73 bits per heavy atom. The van der Waals surface area contributed by atoms with Gasteiger partial charge in [0.25, 0.3) is 0 Å². The van der Waals surface area contributed by atoms with Crippen LogP contribution in [0.5, 0.6) is 0 Å². The average molecular weight is 174 g/mol. The van der Waals surface area contributed by atoms with E-state index in [1.165, 1.54) is 11.8 Å². The molecule has 0 saturated carbocycles. The van der Waals surface area contributed by atoms with E-state index in [9.17, 15) is 4.79 Å². The van der Waals surface area contributed by atoms with Crippen LogP contribution < -0.4 is 0 Å². The normalized spacial score (nSPS) is 36.2. The molecule has 3 nitrogen and oxygen atoms in total. The van der Waals surface area contributed by atoms with Crippen molar-refractivity contribution in [1.29, 1.82) is 0 Å². The predicted octanol–water partition coefficient (Wildman–Crippen LogP) is 0.781. The number of hydrogen-bond acceptors (Lipinski definition) is 4. The Morgan fingerprint density at radius 3 is 3.09 bits per heavy atom. The summed E-state index contributed by atoms with van der Waals surface area (Å²) in [5.41, 5.74) is 0. The van der Waals surface area contributed by atoms with E-state index in [0.717, 1.165) is 13.0 Å². The Kier molecular flexibility index (Phi) is 2.16. The molecule has 0 aromatic rings. The Morgan fingerprint density at radius 2 is 2.55 bits per heavy atom. The highest BCUT2D eigenvalue weighted by molar-refractivity contribution is 8.14. The van der Waals surface area contributed by atoms with Gasteiger partial charge in [-0.05, 0) is 6.42 Å². The van der Waals surface area contributed by atoms with Gasteiger partial charge in [-0.15, -0.1) is 0 Å². The van der Waals surface area contributed by atoms with Gasteiger partial charge >= 0.3 is 0 Å². The van der Waals surface area contributed by atoms with Gasteiger partial charge in [0, 0.05) is 11.7 Å². The molecule has 0 amide bonds. The zero-order valence-corrected chi connectivity index (χ0v) is 6.93. The lowest BCUT2D eigenvalue weighted by Crippen LogP contribution is -2.09. The van der Waals surface area contributed by atoms with Gasteiger partial charge in [-0.2, -0.15) is 0 Å². The van der Waals surface area contributed by atoms with Crippen molar-refractivity contribution < 1.29 is 14.3 Å². The summed E-state index contributed by atoms with van der Waals surface area (Å²) in [4.78, 5) is 10.8. The van der Waals surface area contributed by atoms with Crippen LogP contribution >= 0.6 is 11.8 Å². The molecule has 2 rings (SSSR count). The summed E-state index contributed by atoms with van der Waals surface area (Å²) < 4.78 is 10.2. The van der Waals surface area contributed by atoms with Crippen LogP contribution in [0.4, 0.5) is 0 Å². The number of ether oxygens (including phenoxy) is 2. The lowest BCUT2D eigenvalue weighted by atomic mass is 10.3. The molecule has 2 aliphatic heterocycles. The quantitative estimate of drug-likeness (QED) is 0.593. The second-order valence-electron chi connectivity index (χ2n) is 2.75. The fraction of sp³-hybridized carbons (Fsp3) is 0.857. The molecule has 0 aromatic heterocycles. The van der Waals surface area contributed by atoms with Gasteiger partial charge in [-0.25, -0.2) is 0 Å². The first-order valence-electron chi connectivity index (χ1n) is 3.77. The molecule has 0 bridgehead atoms. The van der Waals surface area contributed by atoms with E-state index in [0.29, 0.717) is 23.4 Å². The summed E-state index contributed by atoms with van der Waals surface area (Å²) in [6.07, 6.45) is 1.71. The minimum absolute atomic E-state index is 0.0336. The molecular weight excluding hydrogens is 164 g/mol. The summed E-state index contributed by atoms with van der Waals surface area (Å²) in [7, 11) is 0. The third-order valence-corrected chi connectivity index (χ3v) is 2.91. The van der Waals surface area contributed by atoms with Crippen molar-refractivity contribution in [3.05, 3.63) is 0 Å². The second-order valence-corrected chi connectivity index (χ2v) is 4.10. The highest BCUT2D eigenvalue weighted by Crippen LogP contribution is 2.28. The Bertz CT molecular complexity index is 167. The Balaban J connectivity index is 1.65. The van der Waals surface area contributed by atoms with Crippen molar-refractivity contribution in [2.45, 2.75) is 24.4 Å². The number of epoxide rings is 1. The zero-order chi connectivity index (χ0) is 7.68. The smallest absolute Gasteiger partial charge is 0.189 e. The van der Waals surface area contributed by atoms with Gasteiger partial charge < -0.3 is 9.47 Å². The van der Waals surface area contributed by atoms with Crippen molar-refractivity contribution in [2.75, 3.05) is 13.2 Å². The zero-order valence-electron chi connectivity index (χ0n) is 6.12. The number of rotatable bonds is 3. The summed E-state index contributed by atoms with van der Waals surface area (Å²) in [6, 6.07) is 0. The van der Waals surface area contributed by atoms with Crippen LogP contribution in [-0.4, -0.2) is 29.9 Å². The lowest BCUT2D eigenvalue weighted by molar-refractivity contribution is -0.110. The summed E-state index contributed by atoms with van der Waals surface area (Å²) in [6.45, 7) is 1.40. The molecule has 11 heavy (non-hydrogen) atoms. The molecule has 0 spiro atoms. The van der Waals surface area contributed by atoms with E-state index >= 15 is 0 Å². The largest absolute Gasteiger partial charge is 0.349 e. The molecule has 2 heterocycles. The van der Waals surface area contributed by atoms with Crippen LogP contribution in [0.3, 0.4) is 0 Å². The Labute approximate surface area is 69.4 Å². The van der Waals surface area contributed by atoms with Crippen molar-refractivity contribution in [3.8, 4) is 0 Å². The predicted molar refractivity (Wildman–Crippen MR) is 41.3 cm³/mol. The maximum absolute atomic E-state index is 10.8. The maximum Gasteiger partial charge on any atom is 0.189 e. The van der Waals surface area contributed by atoms with Crippen LogP contribution in [0.1, 0.15) is 12.8 Å². The molecule has 0 N–H and O–H groups in total. The van der Waals surface area contributed by atoms with Crippen molar-refractivity contribution in [1.82, 2.24) is 0 Å². The third kappa shape index (κ3) is 2.18. The van der Waals surface area contributed by atoms with Crippen molar-refractivity contribution in [3.63, 3.8) is 0 Å². The number of carbonyl (C=O) groups excluding carboxylic acids is 1. The standard InChI is InChI=1S/C7H10O3S/c8-6-2-1-5(11-6)3-9-7-4-10-7/h5,7H,1-4H2. The molecule has 2 unspecified atom stereocenters. The number of thioether (sulfide) groups is 1. The lowest BCUT2D eigenvalue weighted by Gasteiger charge is -2.04. The van der Waals surface area contributed by atoms with Crippen LogP contribution in [0, 0.1) is 0 Å². The van der Waals surface area contributed by atoms with E-state index in [1.807, 2.05) is 0 Å². The van der Waals surface area contributed by atoms with Gasteiger partial charge in [0.1, 0.15) is 6.61 Å². The fourth-order valence-electron chi connectivity index (χ4n) is 1.05. The van der Waals surface area contributed by atoms with Gasteiger partial charge in [-0.3, -0.25) is 4.79 Å². The van der Waals surface area contributed by atoms with Crippen molar-refractivity contribution in [2.24, 2.45) is 0 Å². The molecular formula is C7H10O3S. The molecule has 0 radical (unpaired) electrons. The SMILES string of the molecule is O=C1CCC(COC2CO2)S1. The molecule has 2 atom stereocenters. The molecule has 4 heteroatoms. The fourth-order valence-corrected chi connectivity index (χ4v) is 2.04. The number of carbonyl (C=O) groups is 1. The first-order valence-corrected chi connectivity index (χ1v) is 4.65. The third-order valence-electron chi connectivity index (χ3n) is 1.74. The minimum Gasteiger partial charge on any atom is -0.349 e. The average Bonchev–Trinajstić information content (AvgIpc) is 2.72.